The lowest BCUT2D eigenvalue weighted by molar-refractivity contribution is -0.384. The number of hydrogen-bond acceptors (Lipinski definition) is 7. The zero-order valence-electron chi connectivity index (χ0n) is 13.8. The number of nitrogens with one attached hydrogen (secondary N) is 1. The molecule has 1 aromatic carbocycles. The van der Waals surface area contributed by atoms with E-state index < -0.39 is 10.8 Å². The number of nitrogens with zero attached hydrogens (tertiary/aromatic N) is 4. The molecule has 3 rings (SSSR count). The molecule has 0 aromatic heterocycles. The summed E-state index contributed by atoms with van der Waals surface area (Å²) in [6, 6.07) is 3.98. The number of nitro groups is 1. The quantitative estimate of drug-likeness (QED) is 0.582. The Kier molecular flexibility index (Phi) is 4.81. The molecule has 10 nitrogen and oxygen atoms in total. The Labute approximate surface area is 144 Å². The zero-order valence-corrected chi connectivity index (χ0v) is 13.8. The third-order valence-corrected chi connectivity index (χ3v) is 4.18. The third-order valence-electron chi connectivity index (χ3n) is 4.18. The highest BCUT2D eigenvalue weighted by Gasteiger charge is 2.29. The fourth-order valence-corrected chi connectivity index (χ4v) is 2.75. The number of ether oxygens (including phenoxy) is 1. The average Bonchev–Trinajstić information content (AvgIpc) is 2.59. The van der Waals surface area contributed by atoms with E-state index in [0.29, 0.717) is 18.8 Å². The number of amides is 2. The van der Waals surface area contributed by atoms with Crippen LogP contribution < -0.4 is 15.1 Å². The molecule has 2 aliphatic rings. The number of carbonyl (C=O) groups is 2. The van der Waals surface area contributed by atoms with Gasteiger partial charge >= 0.3 is 0 Å². The number of rotatable bonds is 4. The van der Waals surface area contributed by atoms with Crippen molar-refractivity contribution in [2.75, 3.05) is 51.3 Å². The van der Waals surface area contributed by atoms with Crippen molar-refractivity contribution < 1.29 is 19.2 Å². The van der Waals surface area contributed by atoms with Gasteiger partial charge in [-0.15, -0.1) is 0 Å². The molecule has 1 fully saturated rings. The summed E-state index contributed by atoms with van der Waals surface area (Å²) in [5.41, 5.74) is 2.84. The number of hydrogen-bond donors (Lipinski definition) is 1. The van der Waals surface area contributed by atoms with E-state index >= 15 is 0 Å². The van der Waals surface area contributed by atoms with Gasteiger partial charge < -0.3 is 9.64 Å². The summed E-state index contributed by atoms with van der Waals surface area (Å²) in [4.78, 5) is 38.2. The SMILES string of the molecule is CN1CCN(NC(=O)CN2C(=O)COc3ccc([N+](=O)[O-])cc32)CC1. The van der Waals surface area contributed by atoms with Gasteiger partial charge in [0.25, 0.3) is 17.5 Å². The lowest BCUT2D eigenvalue weighted by Crippen LogP contribution is -2.55. The van der Waals surface area contributed by atoms with Gasteiger partial charge in [-0.2, -0.15) is 0 Å². The van der Waals surface area contributed by atoms with Gasteiger partial charge in [-0.1, -0.05) is 0 Å². The van der Waals surface area contributed by atoms with Crippen LogP contribution in [0.5, 0.6) is 5.75 Å². The molecule has 2 amide bonds. The fourth-order valence-electron chi connectivity index (χ4n) is 2.75. The van der Waals surface area contributed by atoms with E-state index in [0.717, 1.165) is 13.1 Å². The summed E-state index contributed by atoms with van der Waals surface area (Å²) in [6.45, 7) is 2.65. The Hall–Kier alpha value is -2.72. The number of anilines is 1. The van der Waals surface area contributed by atoms with Crippen molar-refractivity contribution >= 4 is 23.2 Å². The Morgan fingerprint density at radius 3 is 2.72 bits per heavy atom. The minimum atomic E-state index is -0.554. The van der Waals surface area contributed by atoms with Crippen LogP contribution in [0.3, 0.4) is 0 Å². The van der Waals surface area contributed by atoms with Gasteiger partial charge in [0.2, 0.25) is 0 Å². The zero-order chi connectivity index (χ0) is 18.0. The van der Waals surface area contributed by atoms with Crippen molar-refractivity contribution in [2.45, 2.75) is 0 Å². The average molecular weight is 349 g/mol. The number of fused-ring (bicyclic) bond motifs is 1. The highest BCUT2D eigenvalue weighted by Crippen LogP contribution is 2.35. The maximum atomic E-state index is 12.3. The van der Waals surface area contributed by atoms with E-state index in [9.17, 15) is 19.7 Å². The van der Waals surface area contributed by atoms with E-state index in [1.165, 1.54) is 23.1 Å². The third kappa shape index (κ3) is 3.86. The molecule has 2 aliphatic heterocycles. The van der Waals surface area contributed by atoms with Gasteiger partial charge in [0.1, 0.15) is 12.3 Å². The Morgan fingerprint density at radius 1 is 1.32 bits per heavy atom. The molecule has 1 aromatic rings. The van der Waals surface area contributed by atoms with Crippen LogP contribution in [-0.2, 0) is 9.59 Å². The highest BCUT2D eigenvalue weighted by atomic mass is 16.6. The van der Waals surface area contributed by atoms with E-state index in [1.54, 1.807) is 0 Å². The van der Waals surface area contributed by atoms with Crippen molar-refractivity contribution in [3.63, 3.8) is 0 Å². The van der Waals surface area contributed by atoms with Gasteiger partial charge in [-0.3, -0.25) is 30.0 Å². The van der Waals surface area contributed by atoms with E-state index in [-0.39, 0.29) is 30.4 Å². The molecular weight excluding hydrogens is 330 g/mol. The molecule has 0 unspecified atom stereocenters. The number of benzene rings is 1. The topological polar surface area (TPSA) is 108 Å². The Morgan fingerprint density at radius 2 is 2.04 bits per heavy atom. The first-order chi connectivity index (χ1) is 11.9. The Bertz CT molecular complexity index is 702. The molecule has 0 atom stereocenters. The number of hydrazine groups is 1. The number of carbonyl (C=O) groups excluding carboxylic acids is 2. The van der Waals surface area contributed by atoms with Crippen LogP contribution in [0.15, 0.2) is 18.2 Å². The predicted molar refractivity (Wildman–Crippen MR) is 88.2 cm³/mol. The van der Waals surface area contributed by atoms with Crippen LogP contribution in [0.25, 0.3) is 0 Å². The normalized spacial score (nSPS) is 18.4. The van der Waals surface area contributed by atoms with Crippen molar-refractivity contribution in [3.8, 4) is 5.75 Å². The molecule has 25 heavy (non-hydrogen) atoms. The summed E-state index contributed by atoms with van der Waals surface area (Å²) >= 11 is 0. The van der Waals surface area contributed by atoms with E-state index in [1.807, 2.05) is 12.1 Å². The largest absolute Gasteiger partial charge is 0.482 e. The first-order valence-electron chi connectivity index (χ1n) is 7.88. The molecule has 1 saturated heterocycles. The van der Waals surface area contributed by atoms with Crippen LogP contribution in [0.4, 0.5) is 11.4 Å². The standard InChI is InChI=1S/C15H19N5O5/c1-17-4-6-18(7-5-17)16-14(21)9-19-12-8-11(20(23)24)2-3-13(12)25-10-15(19)22/h2-3,8H,4-7,9-10H2,1H3,(H,16,21). The monoisotopic (exact) mass is 349 g/mol. The van der Waals surface area contributed by atoms with Crippen molar-refractivity contribution in [2.24, 2.45) is 0 Å². The van der Waals surface area contributed by atoms with Gasteiger partial charge in [0.05, 0.1) is 10.6 Å². The van der Waals surface area contributed by atoms with Crippen LogP contribution >= 0.6 is 0 Å². The lowest BCUT2D eigenvalue weighted by atomic mass is 10.2. The molecule has 0 spiro atoms. The van der Waals surface area contributed by atoms with Crippen LogP contribution in [-0.4, -0.2) is 73.0 Å². The number of likely N-dealkylation sites (N-methyl/N-ethyl adjacent to an activating group) is 1. The Balaban J connectivity index is 1.71. The van der Waals surface area contributed by atoms with Gasteiger partial charge in [0.15, 0.2) is 6.61 Å². The van der Waals surface area contributed by atoms with Gasteiger partial charge in [-0.25, -0.2) is 5.01 Å². The fraction of sp³-hybridized carbons (Fsp3) is 0.467. The van der Waals surface area contributed by atoms with E-state index in [4.69, 9.17) is 4.74 Å². The molecule has 10 heteroatoms. The molecule has 134 valence electrons. The molecule has 1 N–H and O–H groups in total. The van der Waals surface area contributed by atoms with Crippen molar-refractivity contribution in [3.05, 3.63) is 28.3 Å². The van der Waals surface area contributed by atoms with Crippen molar-refractivity contribution in [1.82, 2.24) is 15.3 Å². The summed E-state index contributed by atoms with van der Waals surface area (Å²) in [6.07, 6.45) is 0. The summed E-state index contributed by atoms with van der Waals surface area (Å²) in [5, 5.41) is 12.8. The van der Waals surface area contributed by atoms with Gasteiger partial charge in [0, 0.05) is 38.3 Å². The second-order valence-electron chi connectivity index (χ2n) is 6.00. The predicted octanol–water partition coefficient (Wildman–Crippen LogP) is -0.401. The van der Waals surface area contributed by atoms with Crippen molar-refractivity contribution in [1.29, 1.82) is 0 Å². The summed E-state index contributed by atoms with van der Waals surface area (Å²) < 4.78 is 5.28. The lowest BCUT2D eigenvalue weighted by Gasteiger charge is -2.33. The maximum absolute atomic E-state index is 12.3. The van der Waals surface area contributed by atoms with E-state index in [2.05, 4.69) is 10.3 Å². The molecule has 2 heterocycles. The molecule has 0 saturated carbocycles. The highest BCUT2D eigenvalue weighted by molar-refractivity contribution is 6.02. The minimum Gasteiger partial charge on any atom is -0.482 e. The molecule has 0 aliphatic carbocycles. The molecule has 0 bridgehead atoms. The number of nitro benzene ring substituents is 1. The number of non-ortho nitro benzene ring substituents is 1. The smallest absolute Gasteiger partial charge is 0.271 e. The summed E-state index contributed by atoms with van der Waals surface area (Å²) in [5.74, 6) is -0.420. The molecular formula is C15H19N5O5. The first-order valence-corrected chi connectivity index (χ1v) is 7.88. The van der Waals surface area contributed by atoms with Crippen LogP contribution in [0.2, 0.25) is 0 Å². The second kappa shape index (κ2) is 7.03. The minimum absolute atomic E-state index is 0.165. The van der Waals surface area contributed by atoms with Crippen LogP contribution in [0.1, 0.15) is 0 Å². The van der Waals surface area contributed by atoms with Gasteiger partial charge in [-0.05, 0) is 13.1 Å². The number of piperazine rings is 1. The second-order valence-corrected chi connectivity index (χ2v) is 6.00. The first kappa shape index (κ1) is 17.1. The maximum Gasteiger partial charge on any atom is 0.271 e. The van der Waals surface area contributed by atoms with Crippen LogP contribution in [0, 0.1) is 10.1 Å². The summed E-state index contributed by atoms with van der Waals surface area (Å²) in [7, 11) is 2.01. The molecule has 0 radical (unpaired) electrons.